The van der Waals surface area contributed by atoms with Gasteiger partial charge < -0.3 is 0 Å². The molecule has 2 heteroatoms. The van der Waals surface area contributed by atoms with Crippen LogP contribution in [0.3, 0.4) is 0 Å². The summed E-state index contributed by atoms with van der Waals surface area (Å²) < 4.78 is 0. The number of rotatable bonds is 9. The molecule has 1 saturated carbocycles. The molecule has 1 fully saturated rings. The van der Waals surface area contributed by atoms with Gasteiger partial charge in [0.15, 0.2) is 0 Å². The Morgan fingerprint density at radius 1 is 0.938 bits per heavy atom. The molecule has 1 heterocycles. The van der Waals surface area contributed by atoms with Crippen molar-refractivity contribution in [2.24, 2.45) is 16.9 Å². The van der Waals surface area contributed by atoms with Crippen molar-refractivity contribution in [1.82, 2.24) is 5.01 Å². The second-order valence-corrected chi connectivity index (χ2v) is 10.1. The van der Waals surface area contributed by atoms with E-state index >= 15 is 0 Å². The predicted molar refractivity (Wildman–Crippen MR) is 137 cm³/mol. The van der Waals surface area contributed by atoms with Crippen LogP contribution in [-0.4, -0.2) is 23.3 Å². The first-order valence-corrected chi connectivity index (χ1v) is 12.8. The van der Waals surface area contributed by atoms with E-state index in [0.717, 1.165) is 24.8 Å². The van der Waals surface area contributed by atoms with Gasteiger partial charge in [0.05, 0.1) is 17.7 Å². The van der Waals surface area contributed by atoms with E-state index < -0.39 is 0 Å². The molecule has 170 valence electrons. The molecule has 0 bridgehead atoms. The molecule has 2 unspecified atom stereocenters. The molecule has 1 aliphatic heterocycles. The maximum Gasteiger partial charge on any atom is 0.0773 e. The average molecular weight is 429 g/mol. The van der Waals surface area contributed by atoms with Gasteiger partial charge in [0.25, 0.3) is 0 Å². The standard InChI is InChI=1S/C30H40N2/c1-4-28-29(26-14-7-5-8-15-26)30(27-16-9-6-10-17-27)31-32(28)22-25-20-18-24(19-21-25)13-11-12-23(2)3/h5-10,14-17,24-25,28-29H,2,4,11-13,18-22H2,1,3H3. The van der Waals surface area contributed by atoms with E-state index in [1.165, 1.54) is 67.4 Å². The summed E-state index contributed by atoms with van der Waals surface area (Å²) in [4.78, 5) is 0. The van der Waals surface area contributed by atoms with Crippen molar-refractivity contribution in [2.45, 2.75) is 77.2 Å². The van der Waals surface area contributed by atoms with Crippen molar-refractivity contribution in [3.63, 3.8) is 0 Å². The Kier molecular flexibility index (Phi) is 7.84. The molecular formula is C30H40N2. The minimum absolute atomic E-state index is 0.349. The van der Waals surface area contributed by atoms with E-state index in [9.17, 15) is 0 Å². The summed E-state index contributed by atoms with van der Waals surface area (Å²) in [5.41, 5.74) is 5.24. The fraction of sp³-hybridized carbons (Fsp3) is 0.500. The lowest BCUT2D eigenvalue weighted by Gasteiger charge is -2.34. The Morgan fingerprint density at radius 2 is 1.56 bits per heavy atom. The lowest BCUT2D eigenvalue weighted by Crippen LogP contribution is -2.36. The molecule has 2 aliphatic rings. The minimum Gasteiger partial charge on any atom is -0.292 e. The summed E-state index contributed by atoms with van der Waals surface area (Å²) in [6, 6.07) is 22.3. The van der Waals surface area contributed by atoms with Crippen LogP contribution in [0.4, 0.5) is 0 Å². The Bertz CT molecular complexity index is 878. The van der Waals surface area contributed by atoms with Crippen LogP contribution in [0.5, 0.6) is 0 Å². The molecular weight excluding hydrogens is 388 g/mol. The first-order chi connectivity index (χ1) is 15.7. The number of benzene rings is 2. The van der Waals surface area contributed by atoms with Gasteiger partial charge in [-0.25, -0.2) is 0 Å². The van der Waals surface area contributed by atoms with Gasteiger partial charge in [0.2, 0.25) is 0 Å². The van der Waals surface area contributed by atoms with E-state index in [1.807, 2.05) is 0 Å². The van der Waals surface area contributed by atoms with Crippen molar-refractivity contribution in [2.75, 3.05) is 6.54 Å². The van der Waals surface area contributed by atoms with Crippen LogP contribution in [0.25, 0.3) is 0 Å². The summed E-state index contributed by atoms with van der Waals surface area (Å²) in [6.07, 6.45) is 10.5. The average Bonchev–Trinajstić information content (AvgIpc) is 3.19. The first-order valence-electron chi connectivity index (χ1n) is 12.8. The second-order valence-electron chi connectivity index (χ2n) is 10.1. The summed E-state index contributed by atoms with van der Waals surface area (Å²) in [7, 11) is 0. The van der Waals surface area contributed by atoms with E-state index in [0.29, 0.717) is 12.0 Å². The number of allylic oxidation sites excluding steroid dienone is 1. The third-order valence-electron chi connectivity index (χ3n) is 7.57. The summed E-state index contributed by atoms with van der Waals surface area (Å²) >= 11 is 0. The Balaban J connectivity index is 1.45. The highest BCUT2D eigenvalue weighted by Gasteiger charge is 2.38. The largest absolute Gasteiger partial charge is 0.292 e. The molecule has 0 aromatic heterocycles. The highest BCUT2D eigenvalue weighted by molar-refractivity contribution is 6.06. The maximum absolute atomic E-state index is 5.29. The van der Waals surface area contributed by atoms with Crippen molar-refractivity contribution in [3.05, 3.63) is 83.9 Å². The van der Waals surface area contributed by atoms with Crippen LogP contribution in [0.2, 0.25) is 0 Å². The Labute approximate surface area is 195 Å². The normalized spacial score (nSPS) is 25.6. The third-order valence-corrected chi connectivity index (χ3v) is 7.57. The molecule has 2 aromatic rings. The Hall–Kier alpha value is -2.35. The molecule has 32 heavy (non-hydrogen) atoms. The zero-order valence-corrected chi connectivity index (χ0v) is 20.0. The Morgan fingerprint density at radius 3 is 2.19 bits per heavy atom. The lowest BCUT2D eigenvalue weighted by molar-refractivity contribution is 0.146. The minimum atomic E-state index is 0.349. The van der Waals surface area contributed by atoms with Crippen LogP contribution in [0.15, 0.2) is 77.9 Å². The second kappa shape index (κ2) is 11.0. The fourth-order valence-corrected chi connectivity index (χ4v) is 5.80. The number of hydrazone groups is 1. The van der Waals surface area contributed by atoms with Gasteiger partial charge >= 0.3 is 0 Å². The molecule has 4 rings (SSSR count). The molecule has 1 aliphatic carbocycles. The first kappa shape index (κ1) is 22.8. The lowest BCUT2D eigenvalue weighted by atomic mass is 9.79. The molecule has 0 spiro atoms. The van der Waals surface area contributed by atoms with Crippen LogP contribution >= 0.6 is 0 Å². The molecule has 0 saturated heterocycles. The van der Waals surface area contributed by atoms with Crippen LogP contribution in [-0.2, 0) is 0 Å². The summed E-state index contributed by atoms with van der Waals surface area (Å²) in [5.74, 6) is 2.05. The molecule has 0 radical (unpaired) electrons. The van der Waals surface area contributed by atoms with Gasteiger partial charge in [0.1, 0.15) is 0 Å². The van der Waals surface area contributed by atoms with Crippen LogP contribution in [0, 0.1) is 11.8 Å². The summed E-state index contributed by atoms with van der Waals surface area (Å²) in [6.45, 7) is 9.65. The van der Waals surface area contributed by atoms with Crippen molar-refractivity contribution in [1.29, 1.82) is 0 Å². The number of hydrogen-bond donors (Lipinski definition) is 0. The van der Waals surface area contributed by atoms with Crippen molar-refractivity contribution in [3.8, 4) is 0 Å². The van der Waals surface area contributed by atoms with E-state index in [4.69, 9.17) is 5.10 Å². The van der Waals surface area contributed by atoms with E-state index in [1.54, 1.807) is 0 Å². The molecule has 0 amide bonds. The van der Waals surface area contributed by atoms with Crippen molar-refractivity contribution < 1.29 is 0 Å². The van der Waals surface area contributed by atoms with Gasteiger partial charge in [0, 0.05) is 6.54 Å². The molecule has 2 nitrogen and oxygen atoms in total. The molecule has 0 N–H and O–H groups in total. The number of nitrogens with zero attached hydrogens (tertiary/aromatic N) is 2. The quantitative estimate of drug-likeness (QED) is 0.372. The smallest absolute Gasteiger partial charge is 0.0773 e. The maximum atomic E-state index is 5.29. The zero-order valence-electron chi connectivity index (χ0n) is 20.0. The van der Waals surface area contributed by atoms with Crippen LogP contribution in [0.1, 0.15) is 82.3 Å². The molecule has 2 atom stereocenters. The van der Waals surface area contributed by atoms with Gasteiger partial charge in [-0.15, -0.1) is 6.58 Å². The van der Waals surface area contributed by atoms with Crippen molar-refractivity contribution >= 4 is 5.71 Å². The van der Waals surface area contributed by atoms with Gasteiger partial charge in [-0.2, -0.15) is 5.10 Å². The topological polar surface area (TPSA) is 15.6 Å². The highest BCUT2D eigenvalue weighted by Crippen LogP contribution is 2.39. The predicted octanol–water partition coefficient (Wildman–Crippen LogP) is 7.82. The van der Waals surface area contributed by atoms with Gasteiger partial charge in [-0.05, 0) is 62.0 Å². The van der Waals surface area contributed by atoms with Crippen LogP contribution < -0.4 is 0 Å². The SMILES string of the molecule is C=C(C)CCCC1CCC(CN2N=C(c3ccccc3)C(c3ccccc3)C2CC)CC1. The third kappa shape index (κ3) is 5.52. The van der Waals surface area contributed by atoms with E-state index in [-0.39, 0.29) is 0 Å². The molecule has 2 aromatic carbocycles. The number of hydrogen-bond acceptors (Lipinski definition) is 2. The zero-order chi connectivity index (χ0) is 22.3. The van der Waals surface area contributed by atoms with E-state index in [2.05, 4.69) is 86.1 Å². The summed E-state index contributed by atoms with van der Waals surface area (Å²) in [5, 5.41) is 7.76. The fourth-order valence-electron chi connectivity index (χ4n) is 5.80. The monoisotopic (exact) mass is 428 g/mol. The van der Waals surface area contributed by atoms with Gasteiger partial charge in [-0.3, -0.25) is 5.01 Å². The highest BCUT2D eigenvalue weighted by atomic mass is 15.5. The van der Waals surface area contributed by atoms with Gasteiger partial charge in [-0.1, -0.05) is 92.4 Å².